The number of rotatable bonds is 11. The van der Waals surface area contributed by atoms with Crippen LogP contribution in [0.15, 0.2) is 95.9 Å². The highest BCUT2D eigenvalue weighted by Gasteiger charge is 2.36. The number of nitrogens with zero attached hydrogens (tertiary/aromatic N) is 2. The van der Waals surface area contributed by atoms with E-state index in [1.807, 2.05) is 48.5 Å². The van der Waals surface area contributed by atoms with Gasteiger partial charge in [-0.15, -0.1) is 0 Å². The Bertz CT molecular complexity index is 1670. The molecule has 0 bridgehead atoms. The summed E-state index contributed by atoms with van der Waals surface area (Å²) in [5.41, 5.74) is 1.76. The maximum Gasteiger partial charge on any atom is 0.265 e. The van der Waals surface area contributed by atoms with E-state index in [4.69, 9.17) is 0 Å². The summed E-state index contributed by atoms with van der Waals surface area (Å²) in [6.07, 6.45) is 0.464. The highest BCUT2D eigenvalue weighted by atomic mass is 32.2. The van der Waals surface area contributed by atoms with E-state index >= 15 is 0 Å². The molecule has 4 aromatic rings. The Kier molecular flexibility index (Phi) is 8.35. The molecular formula is C32H32FN3O4S. The van der Waals surface area contributed by atoms with Crippen LogP contribution in [0, 0.1) is 5.82 Å². The van der Waals surface area contributed by atoms with Crippen LogP contribution in [0.25, 0.3) is 10.8 Å². The fourth-order valence-corrected chi connectivity index (χ4v) is 7.12. The molecule has 1 atom stereocenters. The van der Waals surface area contributed by atoms with Gasteiger partial charge in [0.15, 0.2) is 0 Å². The number of hydrogen-bond donors (Lipinski definition) is 1. The number of nitrogens with one attached hydrogen (secondary N) is 1. The average molecular weight is 574 g/mol. The lowest BCUT2D eigenvalue weighted by Crippen LogP contribution is -2.50. The third-order valence-corrected chi connectivity index (χ3v) is 9.21. The molecule has 2 amide bonds. The van der Waals surface area contributed by atoms with Crippen molar-refractivity contribution in [2.45, 2.75) is 43.7 Å². The summed E-state index contributed by atoms with van der Waals surface area (Å²) in [4.78, 5) is 28.8. The summed E-state index contributed by atoms with van der Waals surface area (Å²) >= 11 is 0. The summed E-state index contributed by atoms with van der Waals surface area (Å²) in [5, 5.41) is 4.34. The van der Waals surface area contributed by atoms with Crippen molar-refractivity contribution in [3.8, 4) is 0 Å². The molecule has 7 nitrogen and oxygen atoms in total. The Balaban J connectivity index is 1.39. The molecule has 9 heteroatoms. The summed E-state index contributed by atoms with van der Waals surface area (Å²) < 4.78 is 42.8. The third kappa shape index (κ3) is 5.81. The fraction of sp³-hybridized carbons (Fsp3) is 0.250. The highest BCUT2D eigenvalue weighted by molar-refractivity contribution is 7.93. The molecule has 41 heavy (non-hydrogen) atoms. The van der Waals surface area contributed by atoms with Crippen LogP contribution in [0.5, 0.6) is 0 Å². The standard InChI is InChI=1S/C32H32FN3O4S/c1-2-34-32(38)28(21-23-11-4-3-5-12-23)35(22-25-13-6-7-16-26(25)33)30(37)19-10-20-36-27-17-8-14-24-15-9-18-29(31(24)27)41(36,39)40/h3-9,11-18,28H,2,10,19-22H2,1H3,(H,34,38)/t28-/m0/s1. The zero-order chi connectivity index (χ0) is 29.0. The molecule has 5 rings (SSSR count). The van der Waals surface area contributed by atoms with Crippen molar-refractivity contribution >= 4 is 38.3 Å². The third-order valence-electron chi connectivity index (χ3n) is 7.35. The second-order valence-electron chi connectivity index (χ2n) is 10.0. The predicted octanol–water partition coefficient (Wildman–Crippen LogP) is 5.04. The fourth-order valence-electron chi connectivity index (χ4n) is 5.37. The average Bonchev–Trinajstić information content (AvgIpc) is 3.19. The molecule has 0 unspecified atom stereocenters. The van der Waals surface area contributed by atoms with Gasteiger partial charge in [-0.2, -0.15) is 0 Å². The van der Waals surface area contributed by atoms with E-state index in [9.17, 15) is 22.4 Å². The molecule has 0 saturated heterocycles. The molecule has 1 aliphatic rings. The molecule has 0 saturated carbocycles. The topological polar surface area (TPSA) is 86.8 Å². The van der Waals surface area contributed by atoms with Crippen LogP contribution in [-0.2, 0) is 32.6 Å². The van der Waals surface area contributed by atoms with E-state index in [1.54, 1.807) is 43.3 Å². The Morgan fingerprint density at radius 3 is 2.37 bits per heavy atom. The lowest BCUT2D eigenvalue weighted by atomic mass is 10.0. The van der Waals surface area contributed by atoms with E-state index in [0.717, 1.165) is 10.9 Å². The van der Waals surface area contributed by atoms with Crippen LogP contribution in [0.4, 0.5) is 10.1 Å². The molecule has 0 fully saturated rings. The quantitative estimate of drug-likeness (QED) is 0.272. The van der Waals surface area contributed by atoms with E-state index in [-0.39, 0.29) is 49.1 Å². The van der Waals surface area contributed by atoms with Crippen molar-refractivity contribution in [3.05, 3.63) is 108 Å². The van der Waals surface area contributed by atoms with Gasteiger partial charge in [-0.25, -0.2) is 12.8 Å². The number of sulfonamides is 1. The van der Waals surface area contributed by atoms with Gasteiger partial charge < -0.3 is 10.2 Å². The number of hydrogen-bond acceptors (Lipinski definition) is 4. The first-order valence-corrected chi connectivity index (χ1v) is 15.1. The van der Waals surface area contributed by atoms with Crippen LogP contribution in [0.2, 0.25) is 0 Å². The number of anilines is 1. The number of benzene rings is 4. The largest absolute Gasteiger partial charge is 0.355 e. The minimum atomic E-state index is -3.75. The maximum atomic E-state index is 14.7. The summed E-state index contributed by atoms with van der Waals surface area (Å²) in [7, 11) is -3.75. The van der Waals surface area contributed by atoms with Crippen LogP contribution in [0.3, 0.4) is 0 Å². The monoisotopic (exact) mass is 573 g/mol. The first-order chi connectivity index (χ1) is 19.8. The molecule has 1 N–H and O–H groups in total. The molecule has 0 aliphatic carbocycles. The minimum Gasteiger partial charge on any atom is -0.355 e. The van der Waals surface area contributed by atoms with Gasteiger partial charge in [0.05, 0.1) is 10.6 Å². The van der Waals surface area contributed by atoms with Crippen molar-refractivity contribution in [3.63, 3.8) is 0 Å². The number of carbonyl (C=O) groups is 2. The summed E-state index contributed by atoms with van der Waals surface area (Å²) in [6, 6.07) is 25.3. The Labute approximate surface area is 239 Å². The molecule has 0 spiro atoms. The van der Waals surface area contributed by atoms with Crippen molar-refractivity contribution < 1.29 is 22.4 Å². The van der Waals surface area contributed by atoms with E-state index < -0.39 is 21.9 Å². The van der Waals surface area contributed by atoms with Gasteiger partial charge in [0.25, 0.3) is 10.0 Å². The lowest BCUT2D eigenvalue weighted by molar-refractivity contribution is -0.141. The normalized spacial score (nSPS) is 14.1. The maximum absolute atomic E-state index is 14.7. The number of likely N-dealkylation sites (N-methyl/N-ethyl adjacent to an activating group) is 1. The molecule has 0 radical (unpaired) electrons. The Hall–Kier alpha value is -4.24. The lowest BCUT2D eigenvalue weighted by Gasteiger charge is -2.32. The van der Waals surface area contributed by atoms with Crippen molar-refractivity contribution in [1.29, 1.82) is 0 Å². The van der Waals surface area contributed by atoms with Gasteiger partial charge in [0.1, 0.15) is 11.9 Å². The Morgan fingerprint density at radius 2 is 1.63 bits per heavy atom. The summed E-state index contributed by atoms with van der Waals surface area (Å²) in [6.45, 7) is 2.19. The second kappa shape index (κ2) is 12.1. The van der Waals surface area contributed by atoms with E-state index in [2.05, 4.69) is 5.32 Å². The number of carbonyl (C=O) groups excluding carboxylic acids is 2. The van der Waals surface area contributed by atoms with Crippen molar-refractivity contribution in [1.82, 2.24) is 10.2 Å². The number of halogens is 1. The predicted molar refractivity (Wildman–Crippen MR) is 157 cm³/mol. The first kappa shape index (κ1) is 28.3. The smallest absolute Gasteiger partial charge is 0.265 e. The van der Waals surface area contributed by atoms with Gasteiger partial charge in [0, 0.05) is 43.4 Å². The Morgan fingerprint density at radius 1 is 0.927 bits per heavy atom. The SMILES string of the molecule is CCNC(=O)[C@H](Cc1ccccc1)N(Cc1ccccc1F)C(=O)CCCN1c2cccc3cccc(c23)S1(=O)=O. The molecule has 212 valence electrons. The molecule has 1 heterocycles. The minimum absolute atomic E-state index is 0.0164. The second-order valence-corrected chi connectivity index (χ2v) is 11.9. The van der Waals surface area contributed by atoms with Gasteiger partial charge in [-0.1, -0.05) is 72.8 Å². The highest BCUT2D eigenvalue weighted by Crippen LogP contribution is 2.42. The molecule has 0 aromatic heterocycles. The van der Waals surface area contributed by atoms with Gasteiger partial charge >= 0.3 is 0 Å². The first-order valence-electron chi connectivity index (χ1n) is 13.7. The van der Waals surface area contributed by atoms with Crippen LogP contribution in [-0.4, -0.2) is 44.3 Å². The van der Waals surface area contributed by atoms with E-state index in [1.165, 1.54) is 15.3 Å². The molecule has 1 aliphatic heterocycles. The van der Waals surface area contributed by atoms with Gasteiger partial charge in [0.2, 0.25) is 11.8 Å². The number of amides is 2. The van der Waals surface area contributed by atoms with E-state index in [0.29, 0.717) is 23.2 Å². The van der Waals surface area contributed by atoms with Gasteiger partial charge in [-0.3, -0.25) is 13.9 Å². The van der Waals surface area contributed by atoms with Crippen LogP contribution >= 0.6 is 0 Å². The zero-order valence-electron chi connectivity index (χ0n) is 22.8. The van der Waals surface area contributed by atoms with Crippen molar-refractivity contribution in [2.24, 2.45) is 0 Å². The van der Waals surface area contributed by atoms with Crippen LogP contribution < -0.4 is 9.62 Å². The van der Waals surface area contributed by atoms with Crippen molar-refractivity contribution in [2.75, 3.05) is 17.4 Å². The van der Waals surface area contributed by atoms with Gasteiger partial charge in [-0.05, 0) is 42.5 Å². The molecular weight excluding hydrogens is 541 g/mol. The molecule has 4 aromatic carbocycles. The summed E-state index contributed by atoms with van der Waals surface area (Å²) in [5.74, 6) is -1.15. The zero-order valence-corrected chi connectivity index (χ0v) is 23.6. The van der Waals surface area contributed by atoms with Crippen LogP contribution in [0.1, 0.15) is 30.9 Å².